The predicted octanol–water partition coefficient (Wildman–Crippen LogP) is 3.04. The van der Waals surface area contributed by atoms with Crippen LogP contribution in [0.3, 0.4) is 0 Å². The van der Waals surface area contributed by atoms with Crippen LogP contribution in [0.2, 0.25) is 0 Å². The number of hydrogen-bond donors (Lipinski definition) is 1. The third-order valence-electron chi connectivity index (χ3n) is 2.56. The SMILES string of the molecule is CC/C=C\C=C/C(C)C1C=NC=C(N)C1. The highest BCUT2D eigenvalue weighted by Crippen LogP contribution is 2.20. The van der Waals surface area contributed by atoms with Gasteiger partial charge >= 0.3 is 0 Å². The van der Waals surface area contributed by atoms with E-state index in [0.29, 0.717) is 11.8 Å². The molecule has 1 aliphatic heterocycles. The molecule has 2 unspecified atom stereocenters. The van der Waals surface area contributed by atoms with Crippen molar-refractivity contribution in [3.05, 3.63) is 36.2 Å². The van der Waals surface area contributed by atoms with Gasteiger partial charge in [-0.15, -0.1) is 0 Å². The van der Waals surface area contributed by atoms with E-state index >= 15 is 0 Å². The lowest BCUT2D eigenvalue weighted by Gasteiger charge is -2.19. The zero-order valence-electron chi connectivity index (χ0n) is 9.56. The molecule has 0 saturated carbocycles. The summed E-state index contributed by atoms with van der Waals surface area (Å²) in [6, 6.07) is 0. The van der Waals surface area contributed by atoms with Crippen molar-refractivity contribution < 1.29 is 0 Å². The van der Waals surface area contributed by atoms with Gasteiger partial charge in [-0.25, -0.2) is 0 Å². The van der Waals surface area contributed by atoms with E-state index in [9.17, 15) is 0 Å². The highest BCUT2D eigenvalue weighted by Gasteiger charge is 2.15. The minimum absolute atomic E-state index is 0.446. The monoisotopic (exact) mass is 204 g/mol. The summed E-state index contributed by atoms with van der Waals surface area (Å²) in [5.74, 6) is 0.934. The summed E-state index contributed by atoms with van der Waals surface area (Å²) in [5, 5.41) is 0. The lowest BCUT2D eigenvalue weighted by molar-refractivity contribution is 0.539. The summed E-state index contributed by atoms with van der Waals surface area (Å²) in [5.41, 5.74) is 6.63. The Morgan fingerprint density at radius 1 is 1.60 bits per heavy atom. The van der Waals surface area contributed by atoms with Crippen molar-refractivity contribution in [3.63, 3.8) is 0 Å². The van der Waals surface area contributed by atoms with Crippen LogP contribution in [0.5, 0.6) is 0 Å². The molecule has 2 heteroatoms. The summed E-state index contributed by atoms with van der Waals surface area (Å²) in [6.45, 7) is 4.33. The van der Waals surface area contributed by atoms with Crippen LogP contribution >= 0.6 is 0 Å². The van der Waals surface area contributed by atoms with E-state index in [1.807, 2.05) is 6.21 Å². The van der Waals surface area contributed by atoms with E-state index < -0.39 is 0 Å². The van der Waals surface area contributed by atoms with Crippen molar-refractivity contribution in [2.75, 3.05) is 0 Å². The van der Waals surface area contributed by atoms with Gasteiger partial charge in [0.25, 0.3) is 0 Å². The number of nitrogens with zero attached hydrogens (tertiary/aromatic N) is 1. The lowest BCUT2D eigenvalue weighted by atomic mass is 9.89. The van der Waals surface area contributed by atoms with Crippen LogP contribution in [-0.4, -0.2) is 6.21 Å². The number of aliphatic imine (C=N–C) groups is 1. The predicted molar refractivity (Wildman–Crippen MR) is 66.6 cm³/mol. The first kappa shape index (κ1) is 11.8. The van der Waals surface area contributed by atoms with E-state index in [1.165, 1.54) is 0 Å². The second-order valence-electron chi connectivity index (χ2n) is 3.95. The van der Waals surface area contributed by atoms with Crippen molar-refractivity contribution in [3.8, 4) is 0 Å². The van der Waals surface area contributed by atoms with Gasteiger partial charge in [-0.2, -0.15) is 0 Å². The van der Waals surface area contributed by atoms with Crippen LogP contribution in [0.4, 0.5) is 0 Å². The number of hydrogen-bond acceptors (Lipinski definition) is 2. The second-order valence-corrected chi connectivity index (χ2v) is 3.95. The molecular formula is C13H20N2. The smallest absolute Gasteiger partial charge is 0.0451 e. The van der Waals surface area contributed by atoms with E-state index in [0.717, 1.165) is 18.5 Å². The molecule has 0 amide bonds. The Balaban J connectivity index is 2.44. The summed E-state index contributed by atoms with van der Waals surface area (Å²) in [4.78, 5) is 4.14. The summed E-state index contributed by atoms with van der Waals surface area (Å²) in [7, 11) is 0. The van der Waals surface area contributed by atoms with Crippen molar-refractivity contribution in [1.29, 1.82) is 0 Å². The maximum Gasteiger partial charge on any atom is 0.0451 e. The fourth-order valence-electron chi connectivity index (χ4n) is 1.55. The Hall–Kier alpha value is -1.31. The van der Waals surface area contributed by atoms with Gasteiger partial charge in [-0.1, -0.05) is 38.2 Å². The van der Waals surface area contributed by atoms with Gasteiger partial charge in [0.2, 0.25) is 0 Å². The van der Waals surface area contributed by atoms with Gasteiger partial charge in [0.15, 0.2) is 0 Å². The molecule has 82 valence electrons. The van der Waals surface area contributed by atoms with E-state index in [2.05, 4.69) is 43.1 Å². The average Bonchev–Trinajstić information content (AvgIpc) is 2.24. The minimum Gasteiger partial charge on any atom is -0.401 e. The van der Waals surface area contributed by atoms with E-state index in [1.54, 1.807) is 6.20 Å². The Morgan fingerprint density at radius 3 is 3.07 bits per heavy atom. The molecule has 0 spiro atoms. The number of allylic oxidation sites excluding steroid dienone is 5. The molecule has 0 aromatic heterocycles. The molecule has 1 aliphatic rings. The summed E-state index contributed by atoms with van der Waals surface area (Å²) in [6.07, 6.45) is 14.3. The average molecular weight is 204 g/mol. The van der Waals surface area contributed by atoms with Gasteiger partial charge in [0.05, 0.1) is 0 Å². The maximum atomic E-state index is 5.75. The standard InChI is InChI=1S/C13H20N2/c1-3-4-5-6-7-11(2)12-8-13(14)10-15-9-12/h4-7,9-12H,3,8,14H2,1-2H3/b5-4-,7-6-. The van der Waals surface area contributed by atoms with Crippen LogP contribution < -0.4 is 5.73 Å². The van der Waals surface area contributed by atoms with Crippen molar-refractivity contribution in [2.45, 2.75) is 26.7 Å². The largest absolute Gasteiger partial charge is 0.401 e. The molecule has 0 aliphatic carbocycles. The Morgan fingerprint density at radius 2 is 2.40 bits per heavy atom. The summed E-state index contributed by atoms with van der Waals surface area (Å²) >= 11 is 0. The fourth-order valence-corrected chi connectivity index (χ4v) is 1.55. The van der Waals surface area contributed by atoms with Crippen LogP contribution in [0, 0.1) is 11.8 Å². The zero-order valence-corrected chi connectivity index (χ0v) is 9.56. The quantitative estimate of drug-likeness (QED) is 0.702. The topological polar surface area (TPSA) is 38.4 Å². The van der Waals surface area contributed by atoms with Crippen LogP contribution in [0.15, 0.2) is 41.2 Å². The van der Waals surface area contributed by atoms with Gasteiger partial charge in [-0.05, 0) is 18.8 Å². The van der Waals surface area contributed by atoms with E-state index in [-0.39, 0.29) is 0 Å². The van der Waals surface area contributed by atoms with Crippen molar-refractivity contribution in [1.82, 2.24) is 0 Å². The molecule has 2 nitrogen and oxygen atoms in total. The lowest BCUT2D eigenvalue weighted by Crippen LogP contribution is -2.17. The van der Waals surface area contributed by atoms with Gasteiger partial charge in [0.1, 0.15) is 0 Å². The molecule has 2 N–H and O–H groups in total. The summed E-state index contributed by atoms with van der Waals surface area (Å²) < 4.78 is 0. The maximum absolute atomic E-state index is 5.75. The number of nitrogens with two attached hydrogens (primary N) is 1. The molecule has 0 aromatic rings. The van der Waals surface area contributed by atoms with Crippen molar-refractivity contribution >= 4 is 6.21 Å². The molecular weight excluding hydrogens is 184 g/mol. The third-order valence-corrected chi connectivity index (χ3v) is 2.56. The van der Waals surface area contributed by atoms with Gasteiger partial charge < -0.3 is 5.73 Å². The zero-order chi connectivity index (χ0) is 11.1. The molecule has 0 aromatic carbocycles. The molecule has 1 rings (SSSR count). The molecule has 0 bridgehead atoms. The first-order valence-corrected chi connectivity index (χ1v) is 5.55. The number of rotatable bonds is 4. The van der Waals surface area contributed by atoms with Crippen LogP contribution in [0.1, 0.15) is 26.7 Å². The molecule has 15 heavy (non-hydrogen) atoms. The Kier molecular flexibility index (Phi) is 4.88. The molecule has 2 atom stereocenters. The Labute approximate surface area is 92.3 Å². The molecule has 1 heterocycles. The third kappa shape index (κ3) is 4.15. The second kappa shape index (κ2) is 6.23. The first-order chi connectivity index (χ1) is 7.24. The Bertz CT molecular complexity index is 298. The first-order valence-electron chi connectivity index (χ1n) is 5.55. The highest BCUT2D eigenvalue weighted by molar-refractivity contribution is 5.64. The van der Waals surface area contributed by atoms with Crippen molar-refractivity contribution in [2.24, 2.45) is 22.6 Å². The normalized spacial score (nSPS) is 23.6. The van der Waals surface area contributed by atoms with Crippen LogP contribution in [0.25, 0.3) is 0 Å². The molecule has 0 fully saturated rings. The molecule has 0 saturated heterocycles. The minimum atomic E-state index is 0.446. The fraction of sp³-hybridized carbons (Fsp3) is 0.462. The van der Waals surface area contributed by atoms with Gasteiger partial charge in [0, 0.05) is 24.0 Å². The van der Waals surface area contributed by atoms with Crippen LogP contribution in [-0.2, 0) is 0 Å². The van der Waals surface area contributed by atoms with E-state index in [4.69, 9.17) is 5.73 Å². The molecule has 0 radical (unpaired) electrons. The van der Waals surface area contributed by atoms with Gasteiger partial charge in [-0.3, -0.25) is 4.99 Å². The highest BCUT2D eigenvalue weighted by atomic mass is 14.7.